The van der Waals surface area contributed by atoms with Crippen LogP contribution in [0.3, 0.4) is 0 Å². The third kappa shape index (κ3) is 2.97. The molecule has 0 heterocycles. The van der Waals surface area contributed by atoms with Crippen LogP contribution in [-0.2, 0) is 0 Å². The summed E-state index contributed by atoms with van der Waals surface area (Å²) in [7, 11) is 0. The summed E-state index contributed by atoms with van der Waals surface area (Å²) >= 11 is 0. The number of benzene rings is 1. The molecule has 1 aromatic carbocycles. The molecule has 1 rings (SSSR count). The smallest absolute Gasteiger partial charge is 0.254 e. The molecule has 1 amide bonds. The third-order valence-electron chi connectivity index (χ3n) is 2.85. The Morgan fingerprint density at radius 3 is 2.53 bits per heavy atom. The Bertz CT molecular complexity index is 402. The van der Waals surface area contributed by atoms with Crippen LogP contribution in [0.25, 0.3) is 0 Å². The van der Waals surface area contributed by atoms with Gasteiger partial charge in [0.1, 0.15) is 0 Å². The van der Waals surface area contributed by atoms with Gasteiger partial charge in [0.05, 0.1) is 5.69 Å². The van der Waals surface area contributed by atoms with E-state index in [0.29, 0.717) is 12.1 Å². The van der Waals surface area contributed by atoms with Crippen molar-refractivity contribution in [2.75, 3.05) is 12.0 Å². The number of amides is 1. The van der Waals surface area contributed by atoms with E-state index in [1.165, 1.54) is 0 Å². The minimum Gasteiger partial charge on any atom is -0.337 e. The molecule has 0 spiro atoms. The Morgan fingerprint density at radius 2 is 2.12 bits per heavy atom. The van der Waals surface area contributed by atoms with Crippen molar-refractivity contribution in [1.82, 2.24) is 4.90 Å². The Balaban J connectivity index is 3.00. The summed E-state index contributed by atoms with van der Waals surface area (Å²) in [5, 5.41) is 0. The average Bonchev–Trinajstić information content (AvgIpc) is 2.29. The lowest BCUT2D eigenvalue weighted by molar-refractivity contribution is 0.0717. The van der Waals surface area contributed by atoms with Crippen molar-refractivity contribution in [2.24, 2.45) is 5.84 Å². The van der Waals surface area contributed by atoms with Crippen molar-refractivity contribution < 1.29 is 4.79 Å². The highest BCUT2D eigenvalue weighted by Crippen LogP contribution is 2.17. The van der Waals surface area contributed by atoms with Gasteiger partial charge in [-0.25, -0.2) is 0 Å². The van der Waals surface area contributed by atoms with Gasteiger partial charge in [-0.05, 0) is 51.5 Å². The molecular weight excluding hydrogens is 214 g/mol. The van der Waals surface area contributed by atoms with E-state index in [9.17, 15) is 4.79 Å². The second-order valence-electron chi connectivity index (χ2n) is 4.36. The Morgan fingerprint density at radius 1 is 1.47 bits per heavy atom. The average molecular weight is 235 g/mol. The molecule has 1 aromatic rings. The van der Waals surface area contributed by atoms with Gasteiger partial charge in [-0.3, -0.25) is 10.6 Å². The molecule has 0 atom stereocenters. The van der Waals surface area contributed by atoms with Gasteiger partial charge < -0.3 is 10.3 Å². The Hall–Kier alpha value is -1.55. The van der Waals surface area contributed by atoms with Crippen LogP contribution in [-0.4, -0.2) is 23.4 Å². The molecule has 0 saturated carbocycles. The number of aryl methyl sites for hydroxylation is 1. The number of anilines is 1. The third-order valence-corrected chi connectivity index (χ3v) is 2.85. The Kier molecular flexibility index (Phi) is 4.52. The molecule has 0 bridgehead atoms. The van der Waals surface area contributed by atoms with E-state index in [1.807, 2.05) is 44.7 Å². The number of carbonyl (C=O) groups excluding carboxylic acids is 1. The largest absolute Gasteiger partial charge is 0.337 e. The lowest BCUT2D eigenvalue weighted by Crippen LogP contribution is -2.36. The van der Waals surface area contributed by atoms with Gasteiger partial charge in [-0.15, -0.1) is 0 Å². The fraction of sp³-hybridized carbons (Fsp3) is 0.462. The maximum absolute atomic E-state index is 12.2. The van der Waals surface area contributed by atoms with Gasteiger partial charge >= 0.3 is 0 Å². The second kappa shape index (κ2) is 5.68. The summed E-state index contributed by atoms with van der Waals surface area (Å²) < 4.78 is 0. The fourth-order valence-corrected chi connectivity index (χ4v) is 1.87. The van der Waals surface area contributed by atoms with E-state index in [0.717, 1.165) is 11.3 Å². The first-order valence-electron chi connectivity index (χ1n) is 5.89. The van der Waals surface area contributed by atoms with Crippen molar-refractivity contribution in [3.05, 3.63) is 29.3 Å². The van der Waals surface area contributed by atoms with Gasteiger partial charge in [0, 0.05) is 18.2 Å². The van der Waals surface area contributed by atoms with Crippen LogP contribution in [0, 0.1) is 6.92 Å². The summed E-state index contributed by atoms with van der Waals surface area (Å²) in [6.45, 7) is 8.67. The fourth-order valence-electron chi connectivity index (χ4n) is 1.87. The first-order chi connectivity index (χ1) is 8.01. The van der Waals surface area contributed by atoms with E-state index in [2.05, 4.69) is 5.43 Å². The summed E-state index contributed by atoms with van der Waals surface area (Å²) in [5.74, 6) is 5.43. The Labute approximate surface area is 103 Å². The van der Waals surface area contributed by atoms with E-state index in [1.54, 1.807) is 6.07 Å². The first kappa shape index (κ1) is 13.5. The molecule has 0 aromatic heterocycles. The molecule has 3 N–H and O–H groups in total. The van der Waals surface area contributed by atoms with Crippen LogP contribution in [0.5, 0.6) is 0 Å². The zero-order valence-corrected chi connectivity index (χ0v) is 10.9. The van der Waals surface area contributed by atoms with E-state index >= 15 is 0 Å². The van der Waals surface area contributed by atoms with Crippen molar-refractivity contribution in [3.63, 3.8) is 0 Å². The van der Waals surface area contributed by atoms with Crippen LogP contribution in [0.4, 0.5) is 5.69 Å². The molecule has 0 unspecified atom stereocenters. The minimum atomic E-state index is 0.0640. The highest BCUT2D eigenvalue weighted by molar-refractivity contribution is 5.95. The number of nitrogens with zero attached hydrogens (tertiary/aromatic N) is 1. The molecule has 0 aliphatic rings. The standard InChI is InChI=1S/C13H21N3O/c1-5-16(9(2)3)13(17)11-6-7-12(15-14)10(4)8-11/h6-9,15H,5,14H2,1-4H3. The van der Waals surface area contributed by atoms with Gasteiger partial charge in [0.25, 0.3) is 5.91 Å². The first-order valence-corrected chi connectivity index (χ1v) is 5.89. The van der Waals surface area contributed by atoms with Crippen LogP contribution < -0.4 is 11.3 Å². The summed E-state index contributed by atoms with van der Waals surface area (Å²) in [4.78, 5) is 14.1. The maximum Gasteiger partial charge on any atom is 0.254 e. The normalized spacial score (nSPS) is 10.5. The monoisotopic (exact) mass is 235 g/mol. The molecule has 17 heavy (non-hydrogen) atoms. The van der Waals surface area contributed by atoms with Crippen LogP contribution in [0.1, 0.15) is 36.7 Å². The van der Waals surface area contributed by atoms with Gasteiger partial charge in [0.2, 0.25) is 0 Å². The number of rotatable bonds is 4. The number of hydrogen-bond donors (Lipinski definition) is 2. The van der Waals surface area contributed by atoms with Crippen molar-refractivity contribution in [3.8, 4) is 0 Å². The van der Waals surface area contributed by atoms with Gasteiger partial charge in [-0.2, -0.15) is 0 Å². The minimum absolute atomic E-state index is 0.0640. The summed E-state index contributed by atoms with van der Waals surface area (Å²) in [5.41, 5.74) is 5.12. The molecule has 0 radical (unpaired) electrons. The lowest BCUT2D eigenvalue weighted by Gasteiger charge is -2.25. The predicted octanol–water partition coefficient (Wildman–Crippen LogP) is 2.15. The second-order valence-corrected chi connectivity index (χ2v) is 4.36. The molecule has 0 aliphatic heterocycles. The summed E-state index contributed by atoms with van der Waals surface area (Å²) in [6, 6.07) is 5.70. The predicted molar refractivity (Wildman–Crippen MR) is 70.8 cm³/mol. The summed E-state index contributed by atoms with van der Waals surface area (Å²) in [6.07, 6.45) is 0. The number of nitrogen functional groups attached to an aromatic ring is 1. The van der Waals surface area contributed by atoms with Gasteiger partial charge in [-0.1, -0.05) is 0 Å². The molecule has 94 valence electrons. The molecule has 0 fully saturated rings. The van der Waals surface area contributed by atoms with Crippen molar-refractivity contribution in [1.29, 1.82) is 0 Å². The lowest BCUT2D eigenvalue weighted by atomic mass is 10.1. The highest BCUT2D eigenvalue weighted by Gasteiger charge is 2.17. The van der Waals surface area contributed by atoms with Crippen LogP contribution in [0.15, 0.2) is 18.2 Å². The SMILES string of the molecule is CCN(C(=O)c1ccc(NN)c(C)c1)C(C)C. The van der Waals surface area contributed by atoms with Crippen LogP contribution in [0.2, 0.25) is 0 Å². The van der Waals surface area contributed by atoms with Crippen molar-refractivity contribution >= 4 is 11.6 Å². The quantitative estimate of drug-likeness (QED) is 0.621. The number of nitrogens with one attached hydrogen (secondary N) is 1. The number of carbonyl (C=O) groups is 1. The maximum atomic E-state index is 12.2. The molecule has 4 nitrogen and oxygen atoms in total. The zero-order valence-electron chi connectivity index (χ0n) is 10.9. The molecular formula is C13H21N3O. The van der Waals surface area contributed by atoms with Gasteiger partial charge in [0.15, 0.2) is 0 Å². The zero-order chi connectivity index (χ0) is 13.0. The topological polar surface area (TPSA) is 58.4 Å². The highest BCUT2D eigenvalue weighted by atomic mass is 16.2. The number of hydrogen-bond acceptors (Lipinski definition) is 3. The molecule has 0 saturated heterocycles. The van der Waals surface area contributed by atoms with Crippen LogP contribution >= 0.6 is 0 Å². The molecule has 4 heteroatoms. The molecule has 0 aliphatic carbocycles. The van der Waals surface area contributed by atoms with E-state index in [-0.39, 0.29) is 11.9 Å². The van der Waals surface area contributed by atoms with E-state index in [4.69, 9.17) is 5.84 Å². The van der Waals surface area contributed by atoms with Crippen molar-refractivity contribution in [2.45, 2.75) is 33.7 Å². The van der Waals surface area contributed by atoms with E-state index < -0.39 is 0 Å². The number of hydrazine groups is 1. The number of nitrogens with two attached hydrogens (primary N) is 1.